The number of amides is 1. The standard InChI is InChI=1S/C16H24FNO2/c1-5-20-14-7-6-12(10-13(14)17)8-9-18-15(19)11-16(2,3)4/h6-7,10H,5,8-9,11H2,1-4H3,(H,18,19). The Morgan fingerprint density at radius 3 is 2.60 bits per heavy atom. The second-order valence-corrected chi connectivity index (χ2v) is 6.04. The minimum Gasteiger partial charge on any atom is -0.491 e. The Balaban J connectivity index is 2.43. The molecule has 20 heavy (non-hydrogen) atoms. The SMILES string of the molecule is CCOc1ccc(CCNC(=O)CC(C)(C)C)cc1F. The van der Waals surface area contributed by atoms with Gasteiger partial charge in [-0.2, -0.15) is 0 Å². The van der Waals surface area contributed by atoms with E-state index in [9.17, 15) is 9.18 Å². The Kier molecular flexibility index (Phi) is 5.99. The van der Waals surface area contributed by atoms with Gasteiger partial charge < -0.3 is 10.1 Å². The van der Waals surface area contributed by atoms with Gasteiger partial charge in [0.25, 0.3) is 0 Å². The zero-order valence-corrected chi connectivity index (χ0v) is 12.8. The Labute approximate surface area is 120 Å². The molecule has 0 bridgehead atoms. The van der Waals surface area contributed by atoms with E-state index in [0.29, 0.717) is 26.0 Å². The molecule has 0 aliphatic rings. The fraction of sp³-hybridized carbons (Fsp3) is 0.562. The summed E-state index contributed by atoms with van der Waals surface area (Å²) in [6.07, 6.45) is 1.10. The number of ether oxygens (including phenoxy) is 1. The molecule has 0 heterocycles. The third-order valence-corrected chi connectivity index (χ3v) is 2.72. The molecule has 0 aliphatic carbocycles. The summed E-state index contributed by atoms with van der Waals surface area (Å²) in [4.78, 5) is 11.6. The van der Waals surface area contributed by atoms with Crippen LogP contribution in [0.5, 0.6) is 5.75 Å². The lowest BCUT2D eigenvalue weighted by Gasteiger charge is -2.17. The van der Waals surface area contributed by atoms with Crippen LogP contribution in [0.4, 0.5) is 4.39 Å². The molecule has 1 N–H and O–H groups in total. The van der Waals surface area contributed by atoms with Crippen molar-refractivity contribution in [1.82, 2.24) is 5.32 Å². The van der Waals surface area contributed by atoms with Gasteiger partial charge in [0.05, 0.1) is 6.61 Å². The monoisotopic (exact) mass is 281 g/mol. The molecule has 1 rings (SSSR count). The predicted molar refractivity (Wildman–Crippen MR) is 78.4 cm³/mol. The molecular weight excluding hydrogens is 257 g/mol. The molecule has 0 saturated carbocycles. The summed E-state index contributed by atoms with van der Waals surface area (Å²) >= 11 is 0. The third-order valence-electron chi connectivity index (χ3n) is 2.72. The van der Waals surface area contributed by atoms with Crippen molar-refractivity contribution in [3.63, 3.8) is 0 Å². The highest BCUT2D eigenvalue weighted by Gasteiger charge is 2.15. The number of carbonyl (C=O) groups is 1. The number of nitrogens with one attached hydrogen (secondary N) is 1. The maximum atomic E-state index is 13.6. The van der Waals surface area contributed by atoms with Crippen LogP contribution in [0.2, 0.25) is 0 Å². The van der Waals surface area contributed by atoms with Crippen LogP contribution in [0.1, 0.15) is 39.7 Å². The summed E-state index contributed by atoms with van der Waals surface area (Å²) in [6.45, 7) is 8.84. The molecule has 112 valence electrons. The van der Waals surface area contributed by atoms with Crippen molar-refractivity contribution >= 4 is 5.91 Å². The van der Waals surface area contributed by atoms with E-state index in [0.717, 1.165) is 5.56 Å². The lowest BCUT2D eigenvalue weighted by atomic mass is 9.92. The van der Waals surface area contributed by atoms with Gasteiger partial charge in [-0.1, -0.05) is 26.8 Å². The second-order valence-electron chi connectivity index (χ2n) is 6.04. The van der Waals surface area contributed by atoms with Gasteiger partial charge in [0.1, 0.15) is 0 Å². The Morgan fingerprint density at radius 2 is 2.05 bits per heavy atom. The van der Waals surface area contributed by atoms with Crippen LogP contribution >= 0.6 is 0 Å². The minimum absolute atomic E-state index is 0.0185. The number of hydrogen-bond donors (Lipinski definition) is 1. The number of hydrogen-bond acceptors (Lipinski definition) is 2. The topological polar surface area (TPSA) is 38.3 Å². The predicted octanol–water partition coefficient (Wildman–Crippen LogP) is 3.32. The zero-order valence-electron chi connectivity index (χ0n) is 12.8. The van der Waals surface area contributed by atoms with Gasteiger partial charge >= 0.3 is 0 Å². The molecule has 0 atom stereocenters. The molecule has 0 saturated heterocycles. The smallest absolute Gasteiger partial charge is 0.220 e. The lowest BCUT2D eigenvalue weighted by molar-refractivity contribution is -0.122. The first kappa shape index (κ1) is 16.5. The minimum atomic E-state index is -0.356. The van der Waals surface area contributed by atoms with Gasteiger partial charge in [0, 0.05) is 13.0 Å². The fourth-order valence-electron chi connectivity index (χ4n) is 1.86. The van der Waals surface area contributed by atoms with Crippen molar-refractivity contribution in [1.29, 1.82) is 0 Å². The number of halogens is 1. The fourth-order valence-corrected chi connectivity index (χ4v) is 1.86. The second kappa shape index (κ2) is 7.27. The molecular formula is C16H24FNO2. The molecule has 4 heteroatoms. The molecule has 3 nitrogen and oxygen atoms in total. The molecule has 0 unspecified atom stereocenters. The Morgan fingerprint density at radius 1 is 1.35 bits per heavy atom. The first-order chi connectivity index (χ1) is 9.31. The summed E-state index contributed by atoms with van der Waals surface area (Å²) < 4.78 is 18.8. The van der Waals surface area contributed by atoms with Crippen LogP contribution in [-0.2, 0) is 11.2 Å². The van der Waals surface area contributed by atoms with Crippen molar-refractivity contribution in [2.75, 3.05) is 13.2 Å². The van der Waals surface area contributed by atoms with Crippen molar-refractivity contribution in [3.05, 3.63) is 29.6 Å². The van der Waals surface area contributed by atoms with E-state index < -0.39 is 0 Å². The van der Waals surface area contributed by atoms with Crippen LogP contribution in [0, 0.1) is 11.2 Å². The highest BCUT2D eigenvalue weighted by molar-refractivity contribution is 5.76. The van der Waals surface area contributed by atoms with Gasteiger partial charge in [0.2, 0.25) is 5.91 Å². The summed E-state index contributed by atoms with van der Waals surface area (Å²) in [5.41, 5.74) is 0.831. The summed E-state index contributed by atoms with van der Waals surface area (Å²) in [6, 6.07) is 4.91. The molecule has 1 aromatic carbocycles. The molecule has 0 fully saturated rings. The molecule has 1 amide bonds. The summed E-state index contributed by atoms with van der Waals surface area (Å²) in [5, 5.41) is 2.85. The molecule has 0 spiro atoms. The number of benzene rings is 1. The van der Waals surface area contributed by atoms with Crippen molar-refractivity contribution < 1.29 is 13.9 Å². The van der Waals surface area contributed by atoms with E-state index in [1.54, 1.807) is 6.07 Å². The van der Waals surface area contributed by atoms with Gasteiger partial charge in [-0.15, -0.1) is 0 Å². The maximum Gasteiger partial charge on any atom is 0.220 e. The van der Waals surface area contributed by atoms with Crippen LogP contribution in [0.3, 0.4) is 0 Å². The Hall–Kier alpha value is -1.58. The quantitative estimate of drug-likeness (QED) is 0.868. The van der Waals surface area contributed by atoms with E-state index in [1.807, 2.05) is 33.8 Å². The van der Waals surface area contributed by atoms with E-state index in [2.05, 4.69) is 5.32 Å². The van der Waals surface area contributed by atoms with E-state index in [4.69, 9.17) is 4.74 Å². The molecule has 1 aromatic rings. The largest absolute Gasteiger partial charge is 0.491 e. The van der Waals surface area contributed by atoms with Gasteiger partial charge in [-0.25, -0.2) is 4.39 Å². The highest BCUT2D eigenvalue weighted by Crippen LogP contribution is 2.19. The number of rotatable bonds is 6. The van der Waals surface area contributed by atoms with Gasteiger partial charge in [-0.05, 0) is 36.5 Å². The van der Waals surface area contributed by atoms with E-state index >= 15 is 0 Å². The van der Waals surface area contributed by atoms with Gasteiger partial charge in [-0.3, -0.25) is 4.79 Å². The van der Waals surface area contributed by atoms with Crippen molar-refractivity contribution in [3.8, 4) is 5.75 Å². The van der Waals surface area contributed by atoms with Crippen LogP contribution in [-0.4, -0.2) is 19.1 Å². The molecule has 0 radical (unpaired) electrons. The van der Waals surface area contributed by atoms with E-state index in [1.165, 1.54) is 6.07 Å². The van der Waals surface area contributed by atoms with Gasteiger partial charge in [0.15, 0.2) is 11.6 Å². The van der Waals surface area contributed by atoms with E-state index in [-0.39, 0.29) is 22.9 Å². The highest BCUT2D eigenvalue weighted by atomic mass is 19.1. The summed E-state index contributed by atoms with van der Waals surface area (Å²) in [7, 11) is 0. The average molecular weight is 281 g/mol. The lowest BCUT2D eigenvalue weighted by Crippen LogP contribution is -2.29. The molecule has 0 aromatic heterocycles. The summed E-state index contributed by atoms with van der Waals surface area (Å²) in [5.74, 6) is -0.0534. The maximum absolute atomic E-state index is 13.6. The Bertz CT molecular complexity index is 452. The van der Waals surface area contributed by atoms with Crippen molar-refractivity contribution in [2.24, 2.45) is 5.41 Å². The first-order valence-corrected chi connectivity index (χ1v) is 7.00. The van der Waals surface area contributed by atoms with Crippen LogP contribution in [0.25, 0.3) is 0 Å². The average Bonchev–Trinajstić information content (AvgIpc) is 2.30. The zero-order chi connectivity index (χ0) is 15.2. The van der Waals surface area contributed by atoms with Crippen LogP contribution in [0.15, 0.2) is 18.2 Å². The number of carbonyl (C=O) groups excluding carboxylic acids is 1. The normalized spacial score (nSPS) is 11.2. The first-order valence-electron chi connectivity index (χ1n) is 7.00. The third kappa shape index (κ3) is 6.04. The molecule has 0 aliphatic heterocycles. The van der Waals surface area contributed by atoms with Crippen LogP contribution < -0.4 is 10.1 Å². The van der Waals surface area contributed by atoms with Crippen molar-refractivity contribution in [2.45, 2.75) is 40.5 Å².